The summed E-state index contributed by atoms with van der Waals surface area (Å²) < 4.78 is 11.2. The van der Waals surface area contributed by atoms with E-state index in [2.05, 4.69) is 19.9 Å². The van der Waals surface area contributed by atoms with Gasteiger partial charge in [0.2, 0.25) is 11.9 Å². The van der Waals surface area contributed by atoms with Crippen LogP contribution in [-0.2, 0) is 32.3 Å². The second kappa shape index (κ2) is 11.1. The maximum absolute atomic E-state index is 12.7. The van der Waals surface area contributed by atoms with Crippen LogP contribution >= 0.6 is 0 Å². The second-order valence-corrected chi connectivity index (χ2v) is 8.83. The first-order valence-corrected chi connectivity index (χ1v) is 12.2. The molecule has 10 nitrogen and oxygen atoms in total. The first-order chi connectivity index (χ1) is 17.7. The molecule has 0 saturated carbocycles. The molecular weight excluding hydrogens is 460 g/mol. The molecule has 10 heteroatoms. The molecule has 0 aliphatic carbocycles. The van der Waals surface area contributed by atoms with E-state index in [0.717, 1.165) is 49.9 Å². The number of hydrogen-bond acceptors (Lipinski definition) is 10. The molecule has 2 unspecified atom stereocenters. The molecule has 36 heavy (non-hydrogen) atoms. The summed E-state index contributed by atoms with van der Waals surface area (Å²) in [5.74, 6) is 0.545. The van der Waals surface area contributed by atoms with Crippen LogP contribution in [0.15, 0.2) is 61.2 Å². The Morgan fingerprint density at radius 1 is 0.694 bits per heavy atom. The smallest absolute Gasteiger partial charge is 0.329 e. The number of ether oxygens (including phenoxy) is 2. The predicted octanol–water partition coefficient (Wildman–Crippen LogP) is 2.69. The van der Waals surface area contributed by atoms with E-state index in [-0.39, 0.29) is 37.2 Å². The van der Waals surface area contributed by atoms with Crippen LogP contribution in [0.3, 0.4) is 0 Å². The highest BCUT2D eigenvalue weighted by atomic mass is 16.5. The molecule has 0 radical (unpaired) electrons. The van der Waals surface area contributed by atoms with Gasteiger partial charge in [-0.1, -0.05) is 24.3 Å². The largest absolute Gasteiger partial charge is 0.459 e. The van der Waals surface area contributed by atoms with Gasteiger partial charge in [0.1, 0.15) is 25.3 Å². The van der Waals surface area contributed by atoms with E-state index in [1.807, 2.05) is 34.1 Å². The topological polar surface area (TPSA) is 111 Å². The van der Waals surface area contributed by atoms with Crippen LogP contribution in [0.5, 0.6) is 0 Å². The maximum atomic E-state index is 12.7. The van der Waals surface area contributed by atoms with Crippen molar-refractivity contribution >= 4 is 23.8 Å². The summed E-state index contributed by atoms with van der Waals surface area (Å²) in [6.07, 6.45) is 9.90. The Morgan fingerprint density at radius 3 is 1.47 bits per heavy atom. The normalized spacial score (nSPS) is 19.3. The summed E-state index contributed by atoms with van der Waals surface area (Å²) in [5, 5.41) is 0. The van der Waals surface area contributed by atoms with E-state index in [0.29, 0.717) is 11.9 Å². The molecule has 2 saturated heterocycles. The van der Waals surface area contributed by atoms with Crippen LogP contribution < -0.4 is 9.80 Å². The first kappa shape index (κ1) is 23.7. The van der Waals surface area contributed by atoms with Crippen molar-refractivity contribution in [2.75, 3.05) is 22.9 Å². The lowest BCUT2D eigenvalue weighted by Crippen LogP contribution is -2.38. The summed E-state index contributed by atoms with van der Waals surface area (Å²) in [6, 6.07) is 10.3. The summed E-state index contributed by atoms with van der Waals surface area (Å²) in [4.78, 5) is 46.3. The Morgan fingerprint density at radius 2 is 1.08 bits per heavy atom. The maximum Gasteiger partial charge on any atom is 0.329 e. The van der Waals surface area contributed by atoms with Gasteiger partial charge in [-0.2, -0.15) is 0 Å². The molecule has 0 N–H and O–H groups in total. The monoisotopic (exact) mass is 488 g/mol. The van der Waals surface area contributed by atoms with E-state index in [9.17, 15) is 9.59 Å². The second-order valence-electron chi connectivity index (χ2n) is 8.83. The lowest BCUT2D eigenvalue weighted by molar-refractivity contribution is -0.147. The molecule has 3 aromatic rings. The van der Waals surface area contributed by atoms with Crippen LogP contribution in [-0.4, -0.2) is 57.0 Å². The Bertz CT molecular complexity index is 1070. The van der Waals surface area contributed by atoms with Crippen LogP contribution in [0, 0.1) is 0 Å². The Balaban J connectivity index is 1.10. The molecule has 2 aromatic heterocycles. The molecule has 0 bridgehead atoms. The van der Waals surface area contributed by atoms with Gasteiger partial charge in [0.15, 0.2) is 0 Å². The lowest BCUT2D eigenvalue weighted by Gasteiger charge is -2.23. The number of hydrogen-bond donors (Lipinski definition) is 0. The number of aromatic nitrogens is 4. The van der Waals surface area contributed by atoms with Crippen molar-refractivity contribution in [3.63, 3.8) is 0 Å². The van der Waals surface area contributed by atoms with Crippen LogP contribution in [0.4, 0.5) is 11.9 Å². The number of anilines is 2. The van der Waals surface area contributed by atoms with Crippen LogP contribution in [0.25, 0.3) is 0 Å². The van der Waals surface area contributed by atoms with Gasteiger partial charge < -0.3 is 19.3 Å². The van der Waals surface area contributed by atoms with Crippen molar-refractivity contribution in [2.24, 2.45) is 0 Å². The zero-order chi connectivity index (χ0) is 24.7. The number of esters is 2. The average molecular weight is 489 g/mol. The van der Waals surface area contributed by atoms with E-state index in [4.69, 9.17) is 9.47 Å². The number of nitrogens with zero attached hydrogens (tertiary/aromatic N) is 6. The fourth-order valence-electron chi connectivity index (χ4n) is 4.61. The Labute approximate surface area is 209 Å². The first-order valence-electron chi connectivity index (χ1n) is 12.2. The van der Waals surface area contributed by atoms with E-state index >= 15 is 0 Å². The van der Waals surface area contributed by atoms with Crippen molar-refractivity contribution in [2.45, 2.75) is 51.0 Å². The minimum Gasteiger partial charge on any atom is -0.459 e. The summed E-state index contributed by atoms with van der Waals surface area (Å²) in [5.41, 5.74) is 1.73. The van der Waals surface area contributed by atoms with Crippen molar-refractivity contribution in [1.82, 2.24) is 19.9 Å². The molecule has 2 atom stereocenters. The SMILES string of the molecule is O=C(OCc1ccc(COC(=O)C2CCCN2c2ncccn2)cc1)C1CCCN1c1ncccn1. The van der Waals surface area contributed by atoms with Crippen molar-refractivity contribution < 1.29 is 19.1 Å². The molecule has 5 rings (SSSR count). The molecule has 2 aliphatic rings. The van der Waals surface area contributed by atoms with Gasteiger partial charge >= 0.3 is 11.9 Å². The van der Waals surface area contributed by atoms with Gasteiger partial charge in [-0.05, 0) is 48.9 Å². The highest BCUT2D eigenvalue weighted by Crippen LogP contribution is 2.24. The predicted molar refractivity (Wildman–Crippen MR) is 131 cm³/mol. The van der Waals surface area contributed by atoms with E-state index in [1.165, 1.54) is 0 Å². The molecule has 186 valence electrons. The van der Waals surface area contributed by atoms with Gasteiger partial charge in [-0.15, -0.1) is 0 Å². The van der Waals surface area contributed by atoms with Gasteiger partial charge in [-0.25, -0.2) is 29.5 Å². The van der Waals surface area contributed by atoms with Gasteiger partial charge in [-0.3, -0.25) is 0 Å². The van der Waals surface area contributed by atoms with Gasteiger partial charge in [0.05, 0.1) is 0 Å². The van der Waals surface area contributed by atoms with E-state index < -0.39 is 0 Å². The van der Waals surface area contributed by atoms with Crippen LogP contribution in [0.2, 0.25) is 0 Å². The van der Waals surface area contributed by atoms with Crippen molar-refractivity contribution in [3.8, 4) is 0 Å². The molecule has 4 heterocycles. The molecule has 1 aromatic carbocycles. The fourth-order valence-corrected chi connectivity index (χ4v) is 4.61. The third-order valence-corrected chi connectivity index (χ3v) is 6.45. The van der Waals surface area contributed by atoms with Gasteiger partial charge in [0, 0.05) is 37.9 Å². The third-order valence-electron chi connectivity index (χ3n) is 6.45. The molecule has 0 amide bonds. The number of benzene rings is 1. The summed E-state index contributed by atoms with van der Waals surface area (Å²) in [6.45, 7) is 1.81. The Kier molecular flexibility index (Phi) is 7.30. The third kappa shape index (κ3) is 5.42. The minimum absolute atomic E-state index is 0.174. The molecule has 2 aliphatic heterocycles. The zero-order valence-corrected chi connectivity index (χ0v) is 19.9. The quantitative estimate of drug-likeness (QED) is 0.439. The fraction of sp³-hybridized carbons (Fsp3) is 0.385. The standard InChI is InChI=1S/C26H28N6O4/c33-23(21-5-1-15-31(21)25-27-11-3-12-28-25)35-17-19-7-9-20(10-8-19)18-36-24(34)22-6-2-16-32(22)26-29-13-4-14-30-26/h3-4,7-14,21-22H,1-2,5-6,15-18H2. The zero-order valence-electron chi connectivity index (χ0n) is 19.9. The highest BCUT2D eigenvalue weighted by molar-refractivity contribution is 5.80. The van der Waals surface area contributed by atoms with Crippen molar-refractivity contribution in [3.05, 3.63) is 72.3 Å². The average Bonchev–Trinajstić information content (AvgIpc) is 3.63. The summed E-state index contributed by atoms with van der Waals surface area (Å²) in [7, 11) is 0. The Hall–Kier alpha value is -4.08. The van der Waals surface area contributed by atoms with E-state index in [1.54, 1.807) is 36.9 Å². The molecule has 0 spiro atoms. The molecule has 2 fully saturated rings. The minimum atomic E-state index is -0.373. The number of carbonyl (C=O) groups excluding carboxylic acids is 2. The van der Waals surface area contributed by atoms with Crippen LogP contribution in [0.1, 0.15) is 36.8 Å². The number of carbonyl (C=O) groups is 2. The highest BCUT2D eigenvalue weighted by Gasteiger charge is 2.34. The lowest BCUT2D eigenvalue weighted by atomic mass is 10.1. The molecular formula is C26H28N6O4. The summed E-state index contributed by atoms with van der Waals surface area (Å²) >= 11 is 0. The number of rotatable bonds is 8. The van der Waals surface area contributed by atoms with Gasteiger partial charge in [0.25, 0.3) is 0 Å². The van der Waals surface area contributed by atoms with Crippen molar-refractivity contribution in [1.29, 1.82) is 0 Å².